The van der Waals surface area contributed by atoms with Gasteiger partial charge in [0.1, 0.15) is 0 Å². The molecule has 1 aliphatic carbocycles. The van der Waals surface area contributed by atoms with Crippen LogP contribution < -0.4 is 0 Å². The topological polar surface area (TPSA) is 9.23 Å². The molecule has 2 atom stereocenters. The van der Waals surface area contributed by atoms with Gasteiger partial charge in [-0.2, -0.15) is 0 Å². The smallest absolute Gasteiger partial charge is 0.0786 e. The van der Waals surface area contributed by atoms with Crippen molar-refractivity contribution in [3.8, 4) is 0 Å². The molecule has 0 radical (unpaired) electrons. The van der Waals surface area contributed by atoms with Gasteiger partial charge in [0.05, 0.1) is 6.10 Å². The average molecular weight is 168 g/mol. The fourth-order valence-electron chi connectivity index (χ4n) is 1.91. The molecule has 0 aliphatic heterocycles. The Labute approximate surface area is 75.8 Å². The molecule has 0 aromatic heterocycles. The molecule has 0 aromatic rings. The summed E-state index contributed by atoms with van der Waals surface area (Å²) in [4.78, 5) is 0. The first kappa shape index (κ1) is 9.79. The molecular formula is C11H20O. The maximum absolute atomic E-state index is 5.47. The average Bonchev–Trinajstić information content (AvgIpc) is 2.03. The first-order valence-electron chi connectivity index (χ1n) is 4.88. The lowest BCUT2D eigenvalue weighted by Gasteiger charge is -2.29. The van der Waals surface area contributed by atoms with E-state index in [1.165, 1.54) is 18.4 Å². The molecular weight excluding hydrogens is 148 g/mol. The van der Waals surface area contributed by atoms with Crippen molar-refractivity contribution in [3.63, 3.8) is 0 Å². The molecule has 0 heterocycles. The van der Waals surface area contributed by atoms with Crippen LogP contribution in [0.5, 0.6) is 0 Å². The lowest BCUT2D eigenvalue weighted by molar-refractivity contribution is 0.0971. The minimum Gasteiger partial charge on any atom is -0.377 e. The SMILES string of the molecule is COC1CC(C)CC=C1C(C)C. The van der Waals surface area contributed by atoms with E-state index in [0.717, 1.165) is 5.92 Å². The Morgan fingerprint density at radius 3 is 2.67 bits per heavy atom. The van der Waals surface area contributed by atoms with Gasteiger partial charge in [0.15, 0.2) is 0 Å². The highest BCUT2D eigenvalue weighted by atomic mass is 16.5. The van der Waals surface area contributed by atoms with E-state index in [0.29, 0.717) is 12.0 Å². The Bertz CT molecular complexity index is 170. The van der Waals surface area contributed by atoms with E-state index in [4.69, 9.17) is 4.74 Å². The summed E-state index contributed by atoms with van der Waals surface area (Å²) >= 11 is 0. The highest BCUT2D eigenvalue weighted by Crippen LogP contribution is 2.29. The highest BCUT2D eigenvalue weighted by molar-refractivity contribution is 5.14. The van der Waals surface area contributed by atoms with Crippen molar-refractivity contribution in [3.05, 3.63) is 11.6 Å². The van der Waals surface area contributed by atoms with Gasteiger partial charge in [0.2, 0.25) is 0 Å². The molecule has 1 nitrogen and oxygen atoms in total. The van der Waals surface area contributed by atoms with E-state index in [1.54, 1.807) is 0 Å². The fraction of sp³-hybridized carbons (Fsp3) is 0.818. The van der Waals surface area contributed by atoms with Crippen molar-refractivity contribution in [2.24, 2.45) is 11.8 Å². The van der Waals surface area contributed by atoms with Crippen LogP contribution in [0.4, 0.5) is 0 Å². The highest BCUT2D eigenvalue weighted by Gasteiger charge is 2.22. The van der Waals surface area contributed by atoms with Gasteiger partial charge in [-0.1, -0.05) is 26.8 Å². The number of rotatable bonds is 2. The second kappa shape index (κ2) is 4.08. The molecule has 12 heavy (non-hydrogen) atoms. The summed E-state index contributed by atoms with van der Waals surface area (Å²) in [6.45, 7) is 6.78. The maximum Gasteiger partial charge on any atom is 0.0786 e. The normalized spacial score (nSPS) is 30.6. The first-order valence-corrected chi connectivity index (χ1v) is 4.88. The van der Waals surface area contributed by atoms with Crippen LogP contribution in [0.15, 0.2) is 11.6 Å². The number of hydrogen-bond donors (Lipinski definition) is 0. The molecule has 1 heteroatoms. The van der Waals surface area contributed by atoms with Crippen molar-refractivity contribution in [1.29, 1.82) is 0 Å². The van der Waals surface area contributed by atoms with Crippen molar-refractivity contribution in [2.45, 2.75) is 39.7 Å². The van der Waals surface area contributed by atoms with Crippen molar-refractivity contribution < 1.29 is 4.74 Å². The molecule has 0 fully saturated rings. The Balaban J connectivity index is 2.68. The van der Waals surface area contributed by atoms with Gasteiger partial charge in [-0.15, -0.1) is 0 Å². The van der Waals surface area contributed by atoms with Gasteiger partial charge in [0, 0.05) is 7.11 Å². The largest absolute Gasteiger partial charge is 0.377 e. The molecule has 2 unspecified atom stereocenters. The van der Waals surface area contributed by atoms with Crippen LogP contribution in [0.3, 0.4) is 0 Å². The number of ether oxygens (including phenoxy) is 1. The summed E-state index contributed by atoms with van der Waals surface area (Å²) in [5.41, 5.74) is 1.50. The number of methoxy groups -OCH3 is 1. The van der Waals surface area contributed by atoms with Crippen molar-refractivity contribution in [2.75, 3.05) is 7.11 Å². The lowest BCUT2D eigenvalue weighted by atomic mass is 9.84. The Hall–Kier alpha value is -0.300. The number of allylic oxidation sites excluding steroid dienone is 1. The zero-order valence-corrected chi connectivity index (χ0v) is 8.63. The van der Waals surface area contributed by atoms with E-state index in [9.17, 15) is 0 Å². The minimum absolute atomic E-state index is 0.383. The summed E-state index contributed by atoms with van der Waals surface area (Å²) in [6, 6.07) is 0. The summed E-state index contributed by atoms with van der Waals surface area (Å²) in [5, 5.41) is 0. The molecule has 0 saturated carbocycles. The zero-order valence-electron chi connectivity index (χ0n) is 8.63. The van der Waals surface area contributed by atoms with Gasteiger partial charge in [-0.3, -0.25) is 0 Å². The minimum atomic E-state index is 0.383. The van der Waals surface area contributed by atoms with Gasteiger partial charge < -0.3 is 4.74 Å². The Kier molecular flexibility index (Phi) is 3.33. The maximum atomic E-state index is 5.47. The molecule has 0 amide bonds. The molecule has 0 bridgehead atoms. The van der Waals surface area contributed by atoms with Crippen molar-refractivity contribution >= 4 is 0 Å². The van der Waals surface area contributed by atoms with E-state index in [-0.39, 0.29) is 0 Å². The van der Waals surface area contributed by atoms with Gasteiger partial charge in [0.25, 0.3) is 0 Å². The Morgan fingerprint density at radius 1 is 1.50 bits per heavy atom. The van der Waals surface area contributed by atoms with Crippen LogP contribution in [0.25, 0.3) is 0 Å². The third-order valence-corrected chi connectivity index (χ3v) is 2.70. The van der Waals surface area contributed by atoms with E-state index < -0.39 is 0 Å². The van der Waals surface area contributed by atoms with E-state index >= 15 is 0 Å². The van der Waals surface area contributed by atoms with Gasteiger partial charge >= 0.3 is 0 Å². The fourth-order valence-corrected chi connectivity index (χ4v) is 1.91. The Morgan fingerprint density at radius 2 is 2.17 bits per heavy atom. The summed E-state index contributed by atoms with van der Waals surface area (Å²) in [5.74, 6) is 1.43. The van der Waals surface area contributed by atoms with Crippen LogP contribution >= 0.6 is 0 Å². The molecule has 0 N–H and O–H groups in total. The van der Waals surface area contributed by atoms with Gasteiger partial charge in [-0.25, -0.2) is 0 Å². The molecule has 1 rings (SSSR count). The van der Waals surface area contributed by atoms with Gasteiger partial charge in [-0.05, 0) is 30.3 Å². The standard InChI is InChI=1S/C11H20O/c1-8(2)10-6-5-9(3)7-11(10)12-4/h6,8-9,11H,5,7H2,1-4H3. The number of hydrogen-bond acceptors (Lipinski definition) is 1. The quantitative estimate of drug-likeness (QED) is 0.576. The molecule has 0 spiro atoms. The third kappa shape index (κ3) is 2.10. The molecule has 0 saturated heterocycles. The molecule has 0 aromatic carbocycles. The second-order valence-electron chi connectivity index (χ2n) is 4.16. The lowest BCUT2D eigenvalue weighted by Crippen LogP contribution is -2.24. The van der Waals surface area contributed by atoms with Crippen LogP contribution in [-0.2, 0) is 4.74 Å². The predicted octanol–water partition coefficient (Wildman–Crippen LogP) is 3.01. The van der Waals surface area contributed by atoms with E-state index in [1.807, 2.05) is 7.11 Å². The molecule has 1 aliphatic rings. The predicted molar refractivity (Wildman–Crippen MR) is 52.1 cm³/mol. The summed E-state index contributed by atoms with van der Waals surface area (Å²) in [6.07, 6.45) is 5.18. The summed E-state index contributed by atoms with van der Waals surface area (Å²) in [7, 11) is 1.82. The zero-order chi connectivity index (χ0) is 9.14. The van der Waals surface area contributed by atoms with Crippen LogP contribution in [0.1, 0.15) is 33.6 Å². The first-order chi connectivity index (χ1) is 5.65. The van der Waals surface area contributed by atoms with E-state index in [2.05, 4.69) is 26.8 Å². The van der Waals surface area contributed by atoms with Crippen LogP contribution in [0, 0.1) is 11.8 Å². The third-order valence-electron chi connectivity index (χ3n) is 2.70. The monoisotopic (exact) mass is 168 g/mol. The summed E-state index contributed by atoms with van der Waals surface area (Å²) < 4.78 is 5.47. The second-order valence-corrected chi connectivity index (χ2v) is 4.16. The van der Waals surface area contributed by atoms with Crippen LogP contribution in [-0.4, -0.2) is 13.2 Å². The molecule has 70 valence electrons. The van der Waals surface area contributed by atoms with Crippen molar-refractivity contribution in [1.82, 2.24) is 0 Å². The van der Waals surface area contributed by atoms with Crippen LogP contribution in [0.2, 0.25) is 0 Å².